The van der Waals surface area contributed by atoms with Crippen molar-refractivity contribution in [1.29, 1.82) is 0 Å². The van der Waals surface area contributed by atoms with Crippen molar-refractivity contribution >= 4 is 5.97 Å². The van der Waals surface area contributed by atoms with E-state index in [2.05, 4.69) is 43.3 Å². The van der Waals surface area contributed by atoms with Gasteiger partial charge in [0, 0.05) is 0 Å². The standard InChI is InChI=1S/C30H28O3/c1-4-33-29(31)26-20-19-25(32-3)21-28(26)30(23-14-7-5-8-15-23,24-16-9-6-10-17-24)27-18-12-11-13-22(27)2/h5-21H,4H2,1-3H3. The van der Waals surface area contributed by atoms with Gasteiger partial charge in [-0.05, 0) is 59.9 Å². The SMILES string of the molecule is CCOC(=O)c1ccc(OC)cc1C(c1ccccc1)(c1ccccc1)c1ccccc1C. The molecule has 0 amide bonds. The normalized spacial score (nSPS) is 11.1. The van der Waals surface area contributed by atoms with Crippen LogP contribution in [0.1, 0.15) is 45.1 Å². The van der Waals surface area contributed by atoms with Crippen LogP contribution in [0.15, 0.2) is 103 Å². The number of rotatable bonds is 7. The Hall–Kier alpha value is -3.85. The second-order valence-corrected chi connectivity index (χ2v) is 7.93. The van der Waals surface area contributed by atoms with E-state index in [9.17, 15) is 4.79 Å². The largest absolute Gasteiger partial charge is 0.497 e. The van der Waals surface area contributed by atoms with Crippen molar-refractivity contribution in [2.75, 3.05) is 13.7 Å². The van der Waals surface area contributed by atoms with Crippen molar-refractivity contribution in [2.45, 2.75) is 19.3 Å². The Balaban J connectivity index is 2.22. The number of benzene rings is 4. The molecule has 0 radical (unpaired) electrons. The molecular formula is C30H28O3. The molecular weight excluding hydrogens is 408 g/mol. The fourth-order valence-corrected chi connectivity index (χ4v) is 4.65. The van der Waals surface area contributed by atoms with Crippen molar-refractivity contribution < 1.29 is 14.3 Å². The molecule has 0 spiro atoms. The van der Waals surface area contributed by atoms with Crippen LogP contribution < -0.4 is 4.74 Å². The van der Waals surface area contributed by atoms with Crippen LogP contribution in [0.3, 0.4) is 0 Å². The molecule has 3 nitrogen and oxygen atoms in total. The van der Waals surface area contributed by atoms with Crippen LogP contribution >= 0.6 is 0 Å². The molecule has 0 aliphatic carbocycles. The number of hydrogen-bond donors (Lipinski definition) is 0. The molecule has 0 heterocycles. The minimum absolute atomic E-state index is 0.304. The monoisotopic (exact) mass is 436 g/mol. The van der Waals surface area contributed by atoms with E-state index in [0.717, 1.165) is 27.8 Å². The summed E-state index contributed by atoms with van der Waals surface area (Å²) in [5.74, 6) is 0.336. The second-order valence-electron chi connectivity index (χ2n) is 7.93. The third-order valence-electron chi connectivity index (χ3n) is 6.09. The van der Waals surface area contributed by atoms with Gasteiger partial charge in [0.15, 0.2) is 0 Å². The number of hydrogen-bond acceptors (Lipinski definition) is 3. The lowest BCUT2D eigenvalue weighted by molar-refractivity contribution is 0.0524. The van der Waals surface area contributed by atoms with E-state index >= 15 is 0 Å². The van der Waals surface area contributed by atoms with Crippen LogP contribution in [-0.4, -0.2) is 19.7 Å². The highest BCUT2D eigenvalue weighted by Crippen LogP contribution is 2.48. The Morgan fingerprint density at radius 3 is 1.88 bits per heavy atom. The number of methoxy groups -OCH3 is 1. The van der Waals surface area contributed by atoms with Crippen molar-refractivity contribution in [1.82, 2.24) is 0 Å². The van der Waals surface area contributed by atoms with E-state index in [1.165, 1.54) is 0 Å². The predicted octanol–water partition coefficient (Wildman–Crippen LogP) is 6.56. The summed E-state index contributed by atoms with van der Waals surface area (Å²) >= 11 is 0. The molecule has 3 heteroatoms. The molecule has 0 fully saturated rings. The number of carbonyl (C=O) groups is 1. The van der Waals surface area contributed by atoms with E-state index in [4.69, 9.17) is 9.47 Å². The molecule has 0 N–H and O–H groups in total. The van der Waals surface area contributed by atoms with Gasteiger partial charge in [-0.1, -0.05) is 84.9 Å². The first-order valence-electron chi connectivity index (χ1n) is 11.2. The van der Waals surface area contributed by atoms with Gasteiger partial charge in [0.05, 0.1) is 24.7 Å². The van der Waals surface area contributed by atoms with Crippen molar-refractivity contribution in [2.24, 2.45) is 0 Å². The molecule has 4 rings (SSSR count). The summed E-state index contributed by atoms with van der Waals surface area (Å²) < 4.78 is 11.1. The van der Waals surface area contributed by atoms with Gasteiger partial charge in [-0.25, -0.2) is 4.79 Å². The Kier molecular flexibility index (Phi) is 6.60. The summed E-state index contributed by atoms with van der Waals surface area (Å²) in [5.41, 5.74) is 4.93. The van der Waals surface area contributed by atoms with Gasteiger partial charge in [0.25, 0.3) is 0 Å². The summed E-state index contributed by atoms with van der Waals surface area (Å²) in [6.45, 7) is 4.24. The quantitative estimate of drug-likeness (QED) is 0.243. The summed E-state index contributed by atoms with van der Waals surface area (Å²) in [6.07, 6.45) is 0. The molecule has 0 aliphatic rings. The van der Waals surface area contributed by atoms with Gasteiger partial charge in [0.1, 0.15) is 5.75 Å². The number of esters is 1. The van der Waals surface area contributed by atoms with Crippen LogP contribution in [-0.2, 0) is 10.2 Å². The van der Waals surface area contributed by atoms with E-state index in [0.29, 0.717) is 17.9 Å². The van der Waals surface area contributed by atoms with Crippen LogP contribution in [0.2, 0.25) is 0 Å². The Labute approximate surface area is 195 Å². The number of ether oxygens (including phenoxy) is 2. The maximum absolute atomic E-state index is 13.2. The predicted molar refractivity (Wildman–Crippen MR) is 132 cm³/mol. The molecule has 166 valence electrons. The van der Waals surface area contributed by atoms with Gasteiger partial charge >= 0.3 is 5.97 Å². The van der Waals surface area contributed by atoms with Crippen molar-refractivity contribution in [3.8, 4) is 5.75 Å². The van der Waals surface area contributed by atoms with Crippen LogP contribution in [0.5, 0.6) is 5.75 Å². The maximum Gasteiger partial charge on any atom is 0.338 e. The highest BCUT2D eigenvalue weighted by Gasteiger charge is 2.42. The molecule has 0 unspecified atom stereocenters. The zero-order valence-electron chi connectivity index (χ0n) is 19.2. The molecule has 0 atom stereocenters. The van der Waals surface area contributed by atoms with Crippen molar-refractivity contribution in [3.63, 3.8) is 0 Å². The average Bonchev–Trinajstić information content (AvgIpc) is 2.87. The zero-order valence-corrected chi connectivity index (χ0v) is 19.2. The van der Waals surface area contributed by atoms with Gasteiger partial charge in [-0.15, -0.1) is 0 Å². The molecule has 0 saturated carbocycles. The first-order chi connectivity index (χ1) is 16.1. The Morgan fingerprint density at radius 2 is 1.33 bits per heavy atom. The van der Waals surface area contributed by atoms with Crippen LogP contribution in [0.4, 0.5) is 0 Å². The molecule has 4 aromatic rings. The van der Waals surface area contributed by atoms with Crippen molar-refractivity contribution in [3.05, 3.63) is 137 Å². The molecule has 0 saturated heterocycles. The first-order valence-corrected chi connectivity index (χ1v) is 11.2. The van der Waals surface area contributed by atoms with Gasteiger partial charge < -0.3 is 9.47 Å². The third-order valence-corrected chi connectivity index (χ3v) is 6.09. The minimum atomic E-state index is -0.759. The molecule has 33 heavy (non-hydrogen) atoms. The second kappa shape index (κ2) is 9.74. The molecule has 4 aromatic carbocycles. The lowest BCUT2D eigenvalue weighted by atomic mass is 9.63. The fraction of sp³-hybridized carbons (Fsp3) is 0.167. The Bertz CT molecular complexity index is 1190. The maximum atomic E-state index is 13.2. The van der Waals surface area contributed by atoms with Gasteiger partial charge in [-0.3, -0.25) is 0 Å². The highest BCUT2D eigenvalue weighted by molar-refractivity contribution is 5.93. The lowest BCUT2D eigenvalue weighted by Gasteiger charge is -2.39. The van der Waals surface area contributed by atoms with E-state index < -0.39 is 5.41 Å². The smallest absolute Gasteiger partial charge is 0.338 e. The molecule has 0 bridgehead atoms. The zero-order chi connectivity index (χ0) is 23.3. The fourth-order valence-electron chi connectivity index (χ4n) is 4.65. The van der Waals surface area contributed by atoms with E-state index in [1.807, 2.05) is 73.7 Å². The van der Waals surface area contributed by atoms with E-state index in [-0.39, 0.29) is 5.97 Å². The van der Waals surface area contributed by atoms with Gasteiger partial charge in [0.2, 0.25) is 0 Å². The molecule has 0 aromatic heterocycles. The summed E-state index contributed by atoms with van der Waals surface area (Å²) in [4.78, 5) is 13.2. The summed E-state index contributed by atoms with van der Waals surface area (Å²) in [6, 6.07) is 34.6. The minimum Gasteiger partial charge on any atom is -0.497 e. The highest BCUT2D eigenvalue weighted by atomic mass is 16.5. The van der Waals surface area contributed by atoms with Gasteiger partial charge in [-0.2, -0.15) is 0 Å². The number of aryl methyl sites for hydroxylation is 1. The van der Waals surface area contributed by atoms with Crippen LogP contribution in [0, 0.1) is 6.92 Å². The third kappa shape index (κ3) is 4.03. The average molecular weight is 437 g/mol. The topological polar surface area (TPSA) is 35.5 Å². The van der Waals surface area contributed by atoms with Crippen LogP contribution in [0.25, 0.3) is 0 Å². The lowest BCUT2D eigenvalue weighted by Crippen LogP contribution is -2.34. The first kappa shape index (κ1) is 22.3. The number of carbonyl (C=O) groups excluding carboxylic acids is 1. The molecule has 0 aliphatic heterocycles. The van der Waals surface area contributed by atoms with E-state index in [1.54, 1.807) is 7.11 Å². The summed E-state index contributed by atoms with van der Waals surface area (Å²) in [7, 11) is 1.64. The Morgan fingerprint density at radius 1 is 0.758 bits per heavy atom. The summed E-state index contributed by atoms with van der Waals surface area (Å²) in [5, 5.41) is 0.